The van der Waals surface area contributed by atoms with Gasteiger partial charge in [-0.25, -0.2) is 0 Å². The second-order valence-electron chi connectivity index (χ2n) is 4.45. The van der Waals surface area contributed by atoms with Crippen LogP contribution in [0.4, 0.5) is 0 Å². The molecule has 1 aliphatic heterocycles. The monoisotopic (exact) mass is 203 g/mol. The van der Waals surface area contributed by atoms with E-state index in [-0.39, 0.29) is 0 Å². The zero-order chi connectivity index (χ0) is 11.1. The van der Waals surface area contributed by atoms with Gasteiger partial charge in [-0.1, -0.05) is 43.3 Å². The standard InChI is InChI=1S/C13H22BN/c1-4-6-9-13(5-2)14-15-10-7-8-12(3)11-15/h4-6,9,12,14H,2,7-8,10-11H2,1,3H3/b6-4-,13-9+. The molecule has 0 N–H and O–H groups in total. The third kappa shape index (κ3) is 4.52. The predicted octanol–water partition coefficient (Wildman–Crippen LogP) is 2.72. The van der Waals surface area contributed by atoms with Crippen LogP contribution >= 0.6 is 0 Å². The van der Waals surface area contributed by atoms with Crippen LogP contribution in [0.1, 0.15) is 26.7 Å². The summed E-state index contributed by atoms with van der Waals surface area (Å²) >= 11 is 0. The van der Waals surface area contributed by atoms with Crippen molar-refractivity contribution in [3.8, 4) is 0 Å². The number of piperidine rings is 1. The molecule has 0 spiro atoms. The summed E-state index contributed by atoms with van der Waals surface area (Å²) in [6.45, 7) is 10.7. The van der Waals surface area contributed by atoms with Gasteiger partial charge in [-0.3, -0.25) is 0 Å². The topological polar surface area (TPSA) is 3.24 Å². The van der Waals surface area contributed by atoms with Crippen LogP contribution in [0, 0.1) is 5.92 Å². The van der Waals surface area contributed by atoms with Gasteiger partial charge in [-0.15, -0.1) is 0 Å². The maximum Gasteiger partial charge on any atom is 0.238 e. The van der Waals surface area contributed by atoms with Crippen LogP contribution in [-0.2, 0) is 0 Å². The minimum Gasteiger partial charge on any atom is -0.341 e. The summed E-state index contributed by atoms with van der Waals surface area (Å²) in [5.41, 5.74) is 1.32. The van der Waals surface area contributed by atoms with Gasteiger partial charge >= 0.3 is 0 Å². The van der Waals surface area contributed by atoms with Crippen molar-refractivity contribution in [2.24, 2.45) is 5.92 Å². The van der Waals surface area contributed by atoms with Crippen LogP contribution < -0.4 is 0 Å². The lowest BCUT2D eigenvalue weighted by Crippen LogP contribution is -2.37. The first kappa shape index (κ1) is 12.3. The van der Waals surface area contributed by atoms with Gasteiger partial charge < -0.3 is 4.81 Å². The highest BCUT2D eigenvalue weighted by atomic mass is 15.0. The van der Waals surface area contributed by atoms with Gasteiger partial charge in [0.1, 0.15) is 0 Å². The third-order valence-electron chi connectivity index (χ3n) is 2.91. The molecule has 2 heteroatoms. The highest BCUT2D eigenvalue weighted by Crippen LogP contribution is 2.15. The van der Waals surface area contributed by atoms with E-state index in [1.165, 1.54) is 31.4 Å². The largest absolute Gasteiger partial charge is 0.341 e. The van der Waals surface area contributed by atoms with Crippen molar-refractivity contribution >= 4 is 7.41 Å². The minimum atomic E-state index is 0.853. The lowest BCUT2D eigenvalue weighted by Gasteiger charge is -2.30. The molecule has 0 aromatic carbocycles. The second-order valence-corrected chi connectivity index (χ2v) is 4.45. The molecule has 0 radical (unpaired) electrons. The Morgan fingerprint density at radius 3 is 2.93 bits per heavy atom. The van der Waals surface area contributed by atoms with Crippen molar-refractivity contribution in [2.75, 3.05) is 13.1 Å². The van der Waals surface area contributed by atoms with Crippen LogP contribution in [0.15, 0.2) is 36.4 Å². The SMILES string of the molecule is C=C/C(BN1CCCC(C)C1)=C\C=C/C. The molecule has 1 unspecified atom stereocenters. The van der Waals surface area contributed by atoms with Crippen LogP contribution in [0.25, 0.3) is 0 Å². The molecule has 0 amide bonds. The van der Waals surface area contributed by atoms with Crippen molar-refractivity contribution in [1.29, 1.82) is 0 Å². The molecule has 0 aromatic heterocycles. The highest BCUT2D eigenvalue weighted by molar-refractivity contribution is 6.43. The van der Waals surface area contributed by atoms with Gasteiger partial charge in [-0.05, 0) is 38.8 Å². The zero-order valence-corrected chi connectivity index (χ0v) is 10.1. The summed E-state index contributed by atoms with van der Waals surface area (Å²) in [6, 6.07) is 0. The zero-order valence-electron chi connectivity index (χ0n) is 10.1. The molecule has 1 fully saturated rings. The minimum absolute atomic E-state index is 0.853. The molecule has 1 rings (SSSR count). The molecule has 1 heterocycles. The fourth-order valence-electron chi connectivity index (χ4n) is 2.09. The van der Waals surface area contributed by atoms with Crippen molar-refractivity contribution in [1.82, 2.24) is 4.81 Å². The molecule has 1 atom stereocenters. The quantitative estimate of drug-likeness (QED) is 0.501. The molecule has 0 aliphatic carbocycles. The molecular weight excluding hydrogens is 181 g/mol. The van der Waals surface area contributed by atoms with Crippen molar-refractivity contribution in [3.05, 3.63) is 36.4 Å². The van der Waals surface area contributed by atoms with E-state index >= 15 is 0 Å². The lowest BCUT2D eigenvalue weighted by molar-refractivity contribution is 0.288. The van der Waals surface area contributed by atoms with Gasteiger partial charge in [0, 0.05) is 0 Å². The van der Waals surface area contributed by atoms with Gasteiger partial charge in [0.05, 0.1) is 0 Å². The van der Waals surface area contributed by atoms with E-state index in [2.05, 4.69) is 36.5 Å². The average Bonchev–Trinajstić information content (AvgIpc) is 2.24. The smallest absolute Gasteiger partial charge is 0.238 e. The first-order valence-corrected chi connectivity index (χ1v) is 5.93. The predicted molar refractivity (Wildman–Crippen MR) is 70.2 cm³/mol. The number of nitrogens with zero attached hydrogens (tertiary/aromatic N) is 1. The summed E-state index contributed by atoms with van der Waals surface area (Å²) in [6.07, 6.45) is 11.0. The van der Waals surface area contributed by atoms with Crippen molar-refractivity contribution in [2.45, 2.75) is 26.7 Å². The summed E-state index contributed by atoms with van der Waals surface area (Å²) in [4.78, 5) is 2.53. The molecule has 82 valence electrons. The van der Waals surface area contributed by atoms with E-state index in [9.17, 15) is 0 Å². The van der Waals surface area contributed by atoms with E-state index in [0.717, 1.165) is 13.3 Å². The first-order chi connectivity index (χ1) is 7.26. The number of allylic oxidation sites excluding steroid dienone is 5. The summed E-state index contributed by atoms with van der Waals surface area (Å²) < 4.78 is 0. The Labute approximate surface area is 94.8 Å². The maximum absolute atomic E-state index is 3.87. The van der Waals surface area contributed by atoms with E-state index in [0.29, 0.717) is 0 Å². The molecule has 0 aromatic rings. The van der Waals surface area contributed by atoms with Crippen molar-refractivity contribution in [3.63, 3.8) is 0 Å². The molecule has 1 aliphatic rings. The number of hydrogen-bond donors (Lipinski definition) is 0. The van der Waals surface area contributed by atoms with Gasteiger partial charge in [0.25, 0.3) is 0 Å². The molecule has 0 bridgehead atoms. The van der Waals surface area contributed by atoms with E-state index in [4.69, 9.17) is 0 Å². The number of hydrogen-bond acceptors (Lipinski definition) is 1. The summed E-state index contributed by atoms with van der Waals surface area (Å²) in [5.74, 6) is 0.853. The van der Waals surface area contributed by atoms with E-state index in [1.807, 2.05) is 13.0 Å². The second kappa shape index (κ2) is 6.68. The van der Waals surface area contributed by atoms with E-state index < -0.39 is 0 Å². The average molecular weight is 203 g/mol. The summed E-state index contributed by atoms with van der Waals surface area (Å²) in [5, 5.41) is 0. The Morgan fingerprint density at radius 2 is 2.33 bits per heavy atom. The van der Waals surface area contributed by atoms with Gasteiger partial charge in [-0.2, -0.15) is 0 Å². The third-order valence-corrected chi connectivity index (χ3v) is 2.91. The highest BCUT2D eigenvalue weighted by Gasteiger charge is 2.16. The Balaban J connectivity index is 2.47. The van der Waals surface area contributed by atoms with Gasteiger partial charge in [0.2, 0.25) is 7.41 Å². The normalized spacial score (nSPS) is 24.4. The van der Waals surface area contributed by atoms with Gasteiger partial charge in [0.15, 0.2) is 0 Å². The summed E-state index contributed by atoms with van der Waals surface area (Å²) in [7, 11) is 1.05. The molecular formula is C13H22BN. The van der Waals surface area contributed by atoms with Crippen LogP contribution in [0.5, 0.6) is 0 Å². The van der Waals surface area contributed by atoms with Crippen LogP contribution in [0.3, 0.4) is 0 Å². The Morgan fingerprint density at radius 1 is 1.53 bits per heavy atom. The first-order valence-electron chi connectivity index (χ1n) is 5.93. The molecule has 15 heavy (non-hydrogen) atoms. The van der Waals surface area contributed by atoms with Crippen LogP contribution in [0.2, 0.25) is 0 Å². The fraction of sp³-hybridized carbons (Fsp3) is 0.538. The lowest BCUT2D eigenvalue weighted by atomic mass is 9.77. The Hall–Kier alpha value is -0.755. The maximum atomic E-state index is 3.87. The molecule has 1 nitrogen and oxygen atoms in total. The molecule has 0 saturated carbocycles. The van der Waals surface area contributed by atoms with Crippen molar-refractivity contribution < 1.29 is 0 Å². The molecule has 1 saturated heterocycles. The fourth-order valence-corrected chi connectivity index (χ4v) is 2.09. The Kier molecular flexibility index (Phi) is 5.48. The number of rotatable bonds is 4. The Bertz CT molecular complexity index is 255. The van der Waals surface area contributed by atoms with Crippen LogP contribution in [-0.4, -0.2) is 25.3 Å². The van der Waals surface area contributed by atoms with E-state index in [1.54, 1.807) is 0 Å².